The van der Waals surface area contributed by atoms with Crippen molar-refractivity contribution in [3.05, 3.63) is 70.8 Å². The third-order valence-electron chi connectivity index (χ3n) is 3.85. The quantitative estimate of drug-likeness (QED) is 0.794. The zero-order chi connectivity index (χ0) is 17.4. The second-order valence-electron chi connectivity index (χ2n) is 5.80. The summed E-state index contributed by atoms with van der Waals surface area (Å²) >= 11 is 0. The van der Waals surface area contributed by atoms with Gasteiger partial charge in [-0.25, -0.2) is 4.79 Å². The van der Waals surface area contributed by atoms with Gasteiger partial charge in [-0.3, -0.25) is 4.79 Å². The van der Waals surface area contributed by atoms with Crippen LogP contribution in [-0.2, 0) is 22.5 Å². The second kappa shape index (κ2) is 8.87. The Balaban J connectivity index is 1.71. The number of ether oxygens (including phenoxy) is 1. The molecule has 2 rings (SSSR count). The van der Waals surface area contributed by atoms with E-state index in [0.717, 1.165) is 18.4 Å². The van der Waals surface area contributed by atoms with Crippen molar-refractivity contribution in [2.45, 2.75) is 32.7 Å². The monoisotopic (exact) mass is 325 g/mol. The summed E-state index contributed by atoms with van der Waals surface area (Å²) in [6.45, 7) is 2.53. The second-order valence-corrected chi connectivity index (χ2v) is 5.80. The van der Waals surface area contributed by atoms with Crippen LogP contribution in [-0.4, -0.2) is 19.0 Å². The number of hydrogen-bond acceptors (Lipinski definition) is 3. The highest BCUT2D eigenvalue weighted by atomic mass is 16.5. The molecule has 0 fully saturated rings. The van der Waals surface area contributed by atoms with Crippen LogP contribution in [0.4, 0.5) is 0 Å². The first kappa shape index (κ1) is 17.7. The number of nitrogens with one attached hydrogen (secondary N) is 1. The molecule has 0 saturated heterocycles. The number of aryl methyl sites for hydroxylation is 2. The molecule has 1 N–H and O–H groups in total. The lowest BCUT2D eigenvalue weighted by atomic mass is 10.1. The summed E-state index contributed by atoms with van der Waals surface area (Å²) in [5.74, 6) is -0.319. The van der Waals surface area contributed by atoms with Crippen LogP contribution in [0.5, 0.6) is 0 Å². The molecule has 0 radical (unpaired) electrons. The largest absolute Gasteiger partial charge is 0.465 e. The Bertz CT molecular complexity index is 675. The van der Waals surface area contributed by atoms with E-state index in [9.17, 15) is 9.59 Å². The van der Waals surface area contributed by atoms with Crippen LogP contribution >= 0.6 is 0 Å². The van der Waals surface area contributed by atoms with Crippen molar-refractivity contribution in [1.29, 1.82) is 0 Å². The first-order chi connectivity index (χ1) is 11.6. The smallest absolute Gasteiger partial charge is 0.337 e. The summed E-state index contributed by atoms with van der Waals surface area (Å²) in [5.41, 5.74) is 3.96. The molecule has 2 aromatic rings. The lowest BCUT2D eigenvalue weighted by Crippen LogP contribution is -2.22. The Labute approximate surface area is 142 Å². The Morgan fingerprint density at radius 2 is 1.58 bits per heavy atom. The Kier molecular flexibility index (Phi) is 6.55. The molecule has 0 aliphatic rings. The van der Waals surface area contributed by atoms with Crippen LogP contribution in [0, 0.1) is 6.92 Å². The normalized spacial score (nSPS) is 10.2. The van der Waals surface area contributed by atoms with Gasteiger partial charge in [0.1, 0.15) is 0 Å². The minimum absolute atomic E-state index is 0.0409. The van der Waals surface area contributed by atoms with E-state index >= 15 is 0 Å². The molecule has 0 aliphatic heterocycles. The van der Waals surface area contributed by atoms with Crippen molar-refractivity contribution in [3.63, 3.8) is 0 Å². The molecule has 1 amide bonds. The third-order valence-corrected chi connectivity index (χ3v) is 3.85. The van der Waals surface area contributed by atoms with Crippen LogP contribution in [0.1, 0.15) is 39.9 Å². The van der Waals surface area contributed by atoms with Crippen LogP contribution < -0.4 is 5.32 Å². The Morgan fingerprint density at radius 3 is 2.21 bits per heavy atom. The van der Waals surface area contributed by atoms with Gasteiger partial charge in [0.05, 0.1) is 12.7 Å². The van der Waals surface area contributed by atoms with Crippen LogP contribution in [0.15, 0.2) is 48.5 Å². The number of rotatable bonds is 7. The van der Waals surface area contributed by atoms with Crippen molar-refractivity contribution in [3.8, 4) is 0 Å². The molecule has 2 aromatic carbocycles. The van der Waals surface area contributed by atoms with Crippen molar-refractivity contribution in [2.75, 3.05) is 7.11 Å². The van der Waals surface area contributed by atoms with Gasteiger partial charge in [-0.15, -0.1) is 0 Å². The van der Waals surface area contributed by atoms with Crippen LogP contribution in [0.2, 0.25) is 0 Å². The highest BCUT2D eigenvalue weighted by Crippen LogP contribution is 2.08. The van der Waals surface area contributed by atoms with E-state index < -0.39 is 0 Å². The van der Waals surface area contributed by atoms with Gasteiger partial charge in [0, 0.05) is 13.0 Å². The third kappa shape index (κ3) is 5.54. The fourth-order valence-corrected chi connectivity index (χ4v) is 2.37. The minimum Gasteiger partial charge on any atom is -0.465 e. The summed E-state index contributed by atoms with van der Waals surface area (Å²) in [4.78, 5) is 23.2. The number of hydrogen-bond donors (Lipinski definition) is 1. The lowest BCUT2D eigenvalue weighted by molar-refractivity contribution is -0.121. The van der Waals surface area contributed by atoms with E-state index in [1.807, 2.05) is 12.1 Å². The summed E-state index contributed by atoms with van der Waals surface area (Å²) in [6.07, 6.45) is 2.24. The molecule has 0 aliphatic carbocycles. The molecule has 0 heterocycles. The molecule has 4 heteroatoms. The highest BCUT2D eigenvalue weighted by molar-refractivity contribution is 5.89. The fourth-order valence-electron chi connectivity index (χ4n) is 2.37. The van der Waals surface area contributed by atoms with Gasteiger partial charge < -0.3 is 10.1 Å². The maximum Gasteiger partial charge on any atom is 0.337 e. The highest BCUT2D eigenvalue weighted by Gasteiger charge is 2.05. The molecule has 0 spiro atoms. The molecule has 0 saturated carbocycles. The van der Waals surface area contributed by atoms with Gasteiger partial charge >= 0.3 is 5.97 Å². The molecule has 126 valence electrons. The maximum absolute atomic E-state index is 11.9. The molecule has 0 unspecified atom stereocenters. The van der Waals surface area contributed by atoms with Gasteiger partial charge in [0.15, 0.2) is 0 Å². The van der Waals surface area contributed by atoms with E-state index in [2.05, 4.69) is 41.2 Å². The number of carbonyl (C=O) groups is 2. The van der Waals surface area contributed by atoms with E-state index in [0.29, 0.717) is 18.5 Å². The first-order valence-electron chi connectivity index (χ1n) is 8.08. The molecular weight excluding hydrogens is 302 g/mol. The van der Waals surface area contributed by atoms with Crippen molar-refractivity contribution < 1.29 is 14.3 Å². The summed E-state index contributed by atoms with van der Waals surface area (Å²) in [5, 5.41) is 2.90. The van der Waals surface area contributed by atoms with E-state index in [-0.39, 0.29) is 11.9 Å². The molecule has 4 nitrogen and oxygen atoms in total. The van der Waals surface area contributed by atoms with Crippen molar-refractivity contribution in [2.24, 2.45) is 0 Å². The van der Waals surface area contributed by atoms with Crippen LogP contribution in [0.3, 0.4) is 0 Å². The Hall–Kier alpha value is -2.62. The molecule has 0 bridgehead atoms. The number of esters is 1. The molecule has 24 heavy (non-hydrogen) atoms. The SMILES string of the molecule is COC(=O)c1ccc(CNC(=O)CCCc2ccc(C)cc2)cc1. The average Bonchev–Trinajstić information content (AvgIpc) is 2.61. The minimum atomic E-state index is -0.360. The lowest BCUT2D eigenvalue weighted by Gasteiger charge is -2.07. The zero-order valence-corrected chi connectivity index (χ0v) is 14.2. The standard InChI is InChI=1S/C20H23NO3/c1-15-6-8-16(9-7-15)4-3-5-19(22)21-14-17-10-12-18(13-11-17)20(23)24-2/h6-13H,3-5,14H2,1-2H3,(H,21,22). The summed E-state index contributed by atoms with van der Waals surface area (Å²) in [6, 6.07) is 15.4. The number of benzene rings is 2. The van der Waals surface area contributed by atoms with Gasteiger partial charge in [-0.05, 0) is 43.0 Å². The predicted molar refractivity (Wildman–Crippen MR) is 93.7 cm³/mol. The number of carbonyl (C=O) groups excluding carboxylic acids is 2. The predicted octanol–water partition coefficient (Wildman–Crippen LogP) is 3.42. The topological polar surface area (TPSA) is 55.4 Å². The fraction of sp³-hybridized carbons (Fsp3) is 0.300. The van der Waals surface area contributed by atoms with E-state index in [1.54, 1.807) is 12.1 Å². The molecule has 0 aromatic heterocycles. The summed E-state index contributed by atoms with van der Waals surface area (Å²) in [7, 11) is 1.35. The first-order valence-corrected chi connectivity index (χ1v) is 8.08. The van der Waals surface area contributed by atoms with Gasteiger partial charge in [0.2, 0.25) is 5.91 Å². The van der Waals surface area contributed by atoms with Crippen molar-refractivity contribution >= 4 is 11.9 Å². The van der Waals surface area contributed by atoms with Crippen molar-refractivity contribution in [1.82, 2.24) is 5.32 Å². The Morgan fingerprint density at radius 1 is 0.958 bits per heavy atom. The summed E-state index contributed by atoms with van der Waals surface area (Å²) < 4.78 is 4.65. The maximum atomic E-state index is 11.9. The van der Waals surface area contributed by atoms with E-state index in [1.165, 1.54) is 18.2 Å². The molecular formula is C20H23NO3. The van der Waals surface area contributed by atoms with Crippen LogP contribution in [0.25, 0.3) is 0 Å². The van der Waals surface area contributed by atoms with Gasteiger partial charge in [-0.2, -0.15) is 0 Å². The number of amides is 1. The van der Waals surface area contributed by atoms with E-state index in [4.69, 9.17) is 0 Å². The number of methoxy groups -OCH3 is 1. The van der Waals surface area contributed by atoms with Gasteiger partial charge in [-0.1, -0.05) is 42.0 Å². The molecule has 0 atom stereocenters. The zero-order valence-electron chi connectivity index (χ0n) is 14.2. The van der Waals surface area contributed by atoms with Gasteiger partial charge in [0.25, 0.3) is 0 Å². The average molecular weight is 325 g/mol.